The number of hydrogen-bond donors (Lipinski definition) is 2. The molecule has 0 aromatic carbocycles. The van der Waals surface area contributed by atoms with E-state index in [2.05, 4.69) is 20.4 Å². The molecule has 2 N–H and O–H groups in total. The number of carbonyl (C=O) groups excluding carboxylic acids is 2. The summed E-state index contributed by atoms with van der Waals surface area (Å²) in [5.74, 6) is 0.570. The van der Waals surface area contributed by atoms with Crippen molar-refractivity contribution in [3.63, 3.8) is 0 Å². The van der Waals surface area contributed by atoms with Crippen LogP contribution in [-0.4, -0.2) is 62.0 Å². The van der Waals surface area contributed by atoms with Gasteiger partial charge in [-0.1, -0.05) is 0 Å². The van der Waals surface area contributed by atoms with Gasteiger partial charge in [0.2, 0.25) is 0 Å². The van der Waals surface area contributed by atoms with Crippen LogP contribution in [0.15, 0.2) is 12.3 Å². The van der Waals surface area contributed by atoms with Gasteiger partial charge in [-0.15, -0.1) is 0 Å². The Balaban J connectivity index is 2.94. The summed E-state index contributed by atoms with van der Waals surface area (Å²) in [6.07, 6.45) is 0.102. The molecule has 0 bridgehead atoms. The Morgan fingerprint density at radius 1 is 1.20 bits per heavy atom. The van der Waals surface area contributed by atoms with Crippen molar-refractivity contribution >= 4 is 23.7 Å². The van der Waals surface area contributed by atoms with E-state index in [0.29, 0.717) is 24.6 Å². The number of pyridine rings is 1. The Kier molecular flexibility index (Phi) is 7.43. The van der Waals surface area contributed by atoms with Crippen LogP contribution in [0.5, 0.6) is 5.75 Å². The Bertz CT molecular complexity index is 599. The van der Waals surface area contributed by atoms with Gasteiger partial charge in [0.15, 0.2) is 5.75 Å². The molecular formula is C16H26N4O5. The average molecular weight is 354 g/mol. The van der Waals surface area contributed by atoms with Crippen LogP contribution in [0, 0.1) is 0 Å². The normalized spacial score (nSPS) is 11.0. The minimum Gasteiger partial charge on any atom is -0.488 e. The molecule has 0 aliphatic carbocycles. The molecular weight excluding hydrogens is 328 g/mol. The van der Waals surface area contributed by atoms with Gasteiger partial charge in [-0.3, -0.25) is 10.6 Å². The minimum absolute atomic E-state index is 0.206. The molecule has 0 aliphatic rings. The van der Waals surface area contributed by atoms with Crippen LogP contribution in [0.2, 0.25) is 0 Å². The Morgan fingerprint density at radius 2 is 1.88 bits per heavy atom. The highest BCUT2D eigenvalue weighted by Gasteiger charge is 2.18. The summed E-state index contributed by atoms with van der Waals surface area (Å²) in [6, 6.07) is 1.46. The first-order valence-electron chi connectivity index (χ1n) is 7.73. The summed E-state index contributed by atoms with van der Waals surface area (Å²) in [5.41, 5.74) is -0.315. The van der Waals surface area contributed by atoms with Crippen molar-refractivity contribution < 1.29 is 23.8 Å². The fraction of sp³-hybridized carbons (Fsp3) is 0.562. The van der Waals surface area contributed by atoms with Crippen molar-refractivity contribution in [3.05, 3.63) is 12.3 Å². The van der Waals surface area contributed by atoms with E-state index in [9.17, 15) is 9.59 Å². The summed E-state index contributed by atoms with van der Waals surface area (Å²) in [7, 11) is 5.09. The maximum atomic E-state index is 12.0. The third-order valence-electron chi connectivity index (χ3n) is 2.71. The largest absolute Gasteiger partial charge is 0.488 e. The number of rotatable bonds is 6. The van der Waals surface area contributed by atoms with E-state index in [4.69, 9.17) is 9.47 Å². The molecule has 1 rings (SSSR count). The second-order valence-corrected chi connectivity index (χ2v) is 6.46. The van der Waals surface area contributed by atoms with Gasteiger partial charge in [-0.05, 0) is 34.9 Å². The number of ether oxygens (including phenoxy) is 3. The summed E-state index contributed by atoms with van der Waals surface area (Å²) in [5, 5.41) is 5.03. The number of methoxy groups -OCH3 is 1. The van der Waals surface area contributed by atoms with E-state index in [1.54, 1.807) is 20.8 Å². The molecule has 0 spiro atoms. The minimum atomic E-state index is -0.669. The third kappa shape index (κ3) is 8.20. The summed E-state index contributed by atoms with van der Waals surface area (Å²) >= 11 is 0. The van der Waals surface area contributed by atoms with Crippen molar-refractivity contribution in [1.82, 2.24) is 9.88 Å². The molecule has 1 aromatic rings. The fourth-order valence-electron chi connectivity index (χ4n) is 1.63. The van der Waals surface area contributed by atoms with Crippen LogP contribution in [0.25, 0.3) is 0 Å². The lowest BCUT2D eigenvalue weighted by atomic mass is 10.2. The first-order valence-corrected chi connectivity index (χ1v) is 7.73. The summed E-state index contributed by atoms with van der Waals surface area (Å²) in [4.78, 5) is 29.4. The molecule has 0 fully saturated rings. The van der Waals surface area contributed by atoms with E-state index in [1.807, 2.05) is 19.0 Å². The quantitative estimate of drug-likeness (QED) is 0.809. The van der Waals surface area contributed by atoms with Gasteiger partial charge in [0.05, 0.1) is 19.0 Å². The maximum absolute atomic E-state index is 12.0. The molecule has 1 aromatic heterocycles. The smallest absolute Gasteiger partial charge is 0.412 e. The van der Waals surface area contributed by atoms with Gasteiger partial charge in [-0.2, -0.15) is 0 Å². The molecule has 9 nitrogen and oxygen atoms in total. The average Bonchev–Trinajstić information content (AvgIpc) is 2.46. The van der Waals surface area contributed by atoms with Gasteiger partial charge in [0.25, 0.3) is 0 Å². The second kappa shape index (κ2) is 9.07. The number of carbonyl (C=O) groups is 2. The summed E-state index contributed by atoms with van der Waals surface area (Å²) < 4.78 is 15.4. The van der Waals surface area contributed by atoms with Gasteiger partial charge >= 0.3 is 12.2 Å². The van der Waals surface area contributed by atoms with Crippen molar-refractivity contribution in [1.29, 1.82) is 0 Å². The summed E-state index contributed by atoms with van der Waals surface area (Å²) in [6.45, 7) is 6.38. The van der Waals surface area contributed by atoms with E-state index in [-0.39, 0.29) is 5.82 Å². The number of hydrogen-bond acceptors (Lipinski definition) is 7. The molecule has 0 aliphatic heterocycles. The topological polar surface area (TPSA) is 102 Å². The van der Waals surface area contributed by atoms with E-state index < -0.39 is 17.8 Å². The van der Waals surface area contributed by atoms with Crippen LogP contribution in [-0.2, 0) is 9.47 Å². The van der Waals surface area contributed by atoms with Gasteiger partial charge in [-0.25, -0.2) is 14.6 Å². The molecule has 1 heterocycles. The van der Waals surface area contributed by atoms with E-state index >= 15 is 0 Å². The predicted octanol–water partition coefficient (Wildman–Crippen LogP) is 2.55. The molecule has 2 amide bonds. The van der Waals surface area contributed by atoms with Crippen molar-refractivity contribution in [2.75, 3.05) is 45.0 Å². The second-order valence-electron chi connectivity index (χ2n) is 6.46. The Hall–Kier alpha value is -2.55. The predicted molar refractivity (Wildman–Crippen MR) is 94.2 cm³/mol. The fourth-order valence-corrected chi connectivity index (χ4v) is 1.63. The van der Waals surface area contributed by atoms with Crippen LogP contribution < -0.4 is 15.4 Å². The highest BCUT2D eigenvalue weighted by Crippen LogP contribution is 2.27. The number of likely N-dealkylation sites (N-methyl/N-ethyl adjacent to an activating group) is 1. The van der Waals surface area contributed by atoms with Crippen LogP contribution in [0.4, 0.5) is 21.1 Å². The number of aromatic nitrogens is 1. The molecule has 0 unspecified atom stereocenters. The highest BCUT2D eigenvalue weighted by atomic mass is 16.6. The number of nitrogens with one attached hydrogen (secondary N) is 2. The van der Waals surface area contributed by atoms with Gasteiger partial charge < -0.3 is 19.1 Å². The molecule has 0 atom stereocenters. The van der Waals surface area contributed by atoms with E-state index in [0.717, 1.165) is 0 Å². The van der Waals surface area contributed by atoms with Gasteiger partial charge in [0, 0.05) is 12.6 Å². The monoisotopic (exact) mass is 354 g/mol. The molecule has 9 heteroatoms. The molecule has 140 valence electrons. The zero-order valence-corrected chi connectivity index (χ0v) is 15.5. The standard InChI is InChI=1S/C16H26N4O5/c1-16(2,3)25-15(22)18-11-9-13(19-14(21)23-6)17-10-12(11)24-8-7-20(4)5/h9-10H,7-8H2,1-6H3,(H2,17,18,19,21,22). The number of anilines is 2. The van der Waals surface area contributed by atoms with Gasteiger partial charge in [0.1, 0.15) is 18.0 Å². The third-order valence-corrected chi connectivity index (χ3v) is 2.71. The zero-order chi connectivity index (χ0) is 19.0. The van der Waals surface area contributed by atoms with Crippen molar-refractivity contribution in [2.24, 2.45) is 0 Å². The lowest BCUT2D eigenvalue weighted by molar-refractivity contribution is 0.0635. The molecule has 0 radical (unpaired) electrons. The Morgan fingerprint density at radius 3 is 2.44 bits per heavy atom. The van der Waals surface area contributed by atoms with Crippen LogP contribution in [0.1, 0.15) is 20.8 Å². The van der Waals surface area contributed by atoms with E-state index in [1.165, 1.54) is 19.4 Å². The zero-order valence-electron chi connectivity index (χ0n) is 15.5. The molecule has 25 heavy (non-hydrogen) atoms. The number of amides is 2. The number of nitrogens with zero attached hydrogens (tertiary/aromatic N) is 2. The molecule has 0 saturated heterocycles. The first-order chi connectivity index (χ1) is 11.6. The van der Waals surface area contributed by atoms with Crippen LogP contribution in [0.3, 0.4) is 0 Å². The van der Waals surface area contributed by atoms with Crippen LogP contribution >= 0.6 is 0 Å². The molecule has 0 saturated carbocycles. The lowest BCUT2D eigenvalue weighted by Gasteiger charge is -2.21. The SMILES string of the molecule is COC(=O)Nc1cc(NC(=O)OC(C)(C)C)c(OCCN(C)C)cn1. The van der Waals surface area contributed by atoms with Crippen molar-refractivity contribution in [2.45, 2.75) is 26.4 Å². The highest BCUT2D eigenvalue weighted by molar-refractivity contribution is 5.89. The lowest BCUT2D eigenvalue weighted by Crippen LogP contribution is -2.27. The Labute approximate surface area is 147 Å². The first kappa shape index (κ1) is 20.5. The van der Waals surface area contributed by atoms with Crippen molar-refractivity contribution in [3.8, 4) is 5.75 Å². The maximum Gasteiger partial charge on any atom is 0.412 e.